The summed E-state index contributed by atoms with van der Waals surface area (Å²) >= 11 is 0. The molecule has 0 bridgehead atoms. The summed E-state index contributed by atoms with van der Waals surface area (Å²) in [5.74, 6) is -0.892. The zero-order valence-corrected chi connectivity index (χ0v) is 12.3. The lowest BCUT2D eigenvalue weighted by atomic mass is 10.0. The van der Waals surface area contributed by atoms with Gasteiger partial charge in [0.1, 0.15) is 5.60 Å². The molecule has 1 amide bonds. The van der Waals surface area contributed by atoms with Gasteiger partial charge in [-0.1, -0.05) is 0 Å². The Labute approximate surface area is 113 Å². The van der Waals surface area contributed by atoms with Crippen LogP contribution in [0, 0.1) is 0 Å². The van der Waals surface area contributed by atoms with Crippen LogP contribution >= 0.6 is 0 Å². The first-order valence-corrected chi connectivity index (χ1v) is 6.02. The highest BCUT2D eigenvalue weighted by atomic mass is 16.7. The molecule has 0 fully saturated rings. The van der Waals surface area contributed by atoms with Gasteiger partial charge in [-0.3, -0.25) is 0 Å². The summed E-state index contributed by atoms with van der Waals surface area (Å²) in [6.45, 7) is 7.22. The van der Waals surface area contributed by atoms with Gasteiger partial charge in [0.15, 0.2) is 0 Å². The molecule has 1 aliphatic rings. The molecule has 1 aliphatic carbocycles. The predicted molar refractivity (Wildman–Crippen MR) is 73.3 cm³/mol. The Kier molecular flexibility index (Phi) is 4.66. The van der Waals surface area contributed by atoms with Gasteiger partial charge in [-0.25, -0.2) is 4.79 Å². The van der Waals surface area contributed by atoms with Gasteiger partial charge >= 0.3 is 6.09 Å². The molecule has 0 radical (unpaired) electrons. The zero-order valence-electron chi connectivity index (χ0n) is 12.3. The van der Waals surface area contributed by atoms with Gasteiger partial charge in [0.05, 0.1) is 5.71 Å². The second-order valence-corrected chi connectivity index (χ2v) is 5.27. The van der Waals surface area contributed by atoms with Crippen LogP contribution in [0.1, 0.15) is 27.7 Å². The zero-order chi connectivity index (χ0) is 14.7. The molecule has 0 aromatic carbocycles. The van der Waals surface area contributed by atoms with E-state index in [1.165, 1.54) is 0 Å². The van der Waals surface area contributed by atoms with Crippen LogP contribution in [-0.2, 0) is 14.2 Å². The smallest absolute Gasteiger partial charge is 0.434 e. The molecule has 0 aliphatic heterocycles. The van der Waals surface area contributed by atoms with Crippen molar-refractivity contribution in [1.82, 2.24) is 0 Å². The second-order valence-electron chi connectivity index (χ2n) is 5.27. The highest BCUT2D eigenvalue weighted by Gasteiger charge is 2.28. The predicted octanol–water partition coefficient (Wildman–Crippen LogP) is 2.87. The number of hydrogen-bond acceptors (Lipinski definition) is 4. The molecule has 106 valence electrons. The van der Waals surface area contributed by atoms with Crippen LogP contribution < -0.4 is 0 Å². The van der Waals surface area contributed by atoms with Gasteiger partial charge < -0.3 is 14.2 Å². The lowest BCUT2D eigenvalue weighted by Crippen LogP contribution is -2.32. The highest BCUT2D eigenvalue weighted by molar-refractivity contribution is 6.12. The fourth-order valence-corrected chi connectivity index (χ4v) is 1.60. The van der Waals surface area contributed by atoms with Crippen molar-refractivity contribution in [3.63, 3.8) is 0 Å². The van der Waals surface area contributed by atoms with E-state index in [2.05, 4.69) is 4.99 Å². The fourth-order valence-electron chi connectivity index (χ4n) is 1.60. The minimum atomic E-state index is -0.892. The molecule has 5 heteroatoms. The van der Waals surface area contributed by atoms with E-state index in [9.17, 15) is 4.79 Å². The minimum absolute atomic E-state index is 0.541. The highest BCUT2D eigenvalue weighted by Crippen LogP contribution is 2.23. The first-order valence-electron chi connectivity index (χ1n) is 6.02. The molecule has 0 spiro atoms. The van der Waals surface area contributed by atoms with Gasteiger partial charge in [0, 0.05) is 14.2 Å². The Morgan fingerprint density at radius 3 is 2.26 bits per heavy atom. The van der Waals surface area contributed by atoms with Gasteiger partial charge in [0.2, 0.25) is 5.79 Å². The normalized spacial score (nSPS) is 20.3. The molecule has 0 N–H and O–H groups in total. The van der Waals surface area contributed by atoms with E-state index >= 15 is 0 Å². The third-order valence-electron chi connectivity index (χ3n) is 2.54. The van der Waals surface area contributed by atoms with Gasteiger partial charge in [-0.15, -0.1) is 0 Å². The molecule has 5 nitrogen and oxygen atoms in total. The Morgan fingerprint density at radius 2 is 1.84 bits per heavy atom. The number of nitrogens with zero attached hydrogens (tertiary/aromatic N) is 1. The van der Waals surface area contributed by atoms with Gasteiger partial charge in [-0.2, -0.15) is 4.99 Å². The van der Waals surface area contributed by atoms with Crippen LogP contribution in [0.3, 0.4) is 0 Å². The van der Waals surface area contributed by atoms with E-state index in [0.717, 1.165) is 5.57 Å². The minimum Gasteiger partial charge on any atom is -0.442 e. The first kappa shape index (κ1) is 15.6. The topological polar surface area (TPSA) is 57.1 Å². The van der Waals surface area contributed by atoms with Crippen molar-refractivity contribution in [2.75, 3.05) is 14.2 Å². The summed E-state index contributed by atoms with van der Waals surface area (Å²) in [6, 6.07) is 0. The molecule has 0 unspecified atom stereocenters. The second kappa shape index (κ2) is 5.67. The first-order chi connectivity index (χ1) is 8.71. The standard InChI is InChI=1S/C14H21NO4/c1-10-9-14(17-5,18-6)8-7-11(10)15-12(16)19-13(2,3)4/h7-9H,1-6H3/b15-11+. The molecule has 1 rings (SSSR count). The maximum absolute atomic E-state index is 11.6. The van der Waals surface area contributed by atoms with Crippen molar-refractivity contribution < 1.29 is 19.0 Å². The summed E-state index contributed by atoms with van der Waals surface area (Å²) in [4.78, 5) is 15.6. The number of carbonyl (C=O) groups excluding carboxylic acids is 1. The monoisotopic (exact) mass is 267 g/mol. The Morgan fingerprint density at radius 1 is 1.26 bits per heavy atom. The number of allylic oxidation sites excluding steroid dienone is 2. The molecule has 0 saturated heterocycles. The number of carbonyl (C=O) groups is 1. The van der Waals surface area contributed by atoms with Crippen LogP contribution in [0.25, 0.3) is 0 Å². The van der Waals surface area contributed by atoms with E-state index in [0.29, 0.717) is 5.71 Å². The molecule has 0 saturated carbocycles. The lowest BCUT2D eigenvalue weighted by molar-refractivity contribution is -0.133. The summed E-state index contributed by atoms with van der Waals surface area (Å²) in [5, 5.41) is 0. The van der Waals surface area contributed by atoms with Crippen molar-refractivity contribution in [2.24, 2.45) is 4.99 Å². The van der Waals surface area contributed by atoms with Crippen molar-refractivity contribution in [3.8, 4) is 0 Å². The quantitative estimate of drug-likeness (QED) is 0.722. The van der Waals surface area contributed by atoms with E-state index < -0.39 is 17.5 Å². The van der Waals surface area contributed by atoms with Gasteiger partial charge in [-0.05, 0) is 51.5 Å². The number of rotatable bonds is 2. The maximum Gasteiger partial charge on any atom is 0.434 e. The van der Waals surface area contributed by atoms with Crippen LogP contribution in [0.2, 0.25) is 0 Å². The molecular formula is C14H21NO4. The molecule has 0 aromatic heterocycles. The largest absolute Gasteiger partial charge is 0.442 e. The Bertz CT molecular complexity index is 437. The van der Waals surface area contributed by atoms with E-state index in [1.54, 1.807) is 53.2 Å². The SMILES string of the molecule is COC1(OC)C=C/C(=N\C(=O)OC(C)(C)C)C(C)=C1. The van der Waals surface area contributed by atoms with E-state index in [-0.39, 0.29) is 0 Å². The summed E-state index contributed by atoms with van der Waals surface area (Å²) in [6.07, 6.45) is 4.54. The number of hydrogen-bond donors (Lipinski definition) is 0. The van der Waals surface area contributed by atoms with Crippen LogP contribution in [-0.4, -0.2) is 37.4 Å². The average molecular weight is 267 g/mol. The summed E-state index contributed by atoms with van der Waals surface area (Å²) < 4.78 is 15.7. The molecule has 0 aromatic rings. The third kappa shape index (κ3) is 4.29. The third-order valence-corrected chi connectivity index (χ3v) is 2.54. The number of methoxy groups -OCH3 is 2. The fraction of sp³-hybridized carbons (Fsp3) is 0.571. The Hall–Kier alpha value is -1.46. The van der Waals surface area contributed by atoms with Crippen molar-refractivity contribution >= 4 is 11.8 Å². The summed E-state index contributed by atoms with van der Waals surface area (Å²) in [5.41, 5.74) is 0.774. The number of aliphatic imine (C=N–C) groups is 1. The number of amides is 1. The lowest BCUT2D eigenvalue weighted by Gasteiger charge is -2.27. The van der Waals surface area contributed by atoms with Gasteiger partial charge in [0.25, 0.3) is 0 Å². The van der Waals surface area contributed by atoms with Crippen molar-refractivity contribution in [3.05, 3.63) is 23.8 Å². The summed E-state index contributed by atoms with van der Waals surface area (Å²) in [7, 11) is 3.10. The van der Waals surface area contributed by atoms with Crippen LogP contribution in [0.4, 0.5) is 4.79 Å². The van der Waals surface area contributed by atoms with E-state index in [1.807, 2.05) is 6.92 Å². The van der Waals surface area contributed by atoms with E-state index in [4.69, 9.17) is 14.2 Å². The van der Waals surface area contributed by atoms with Crippen molar-refractivity contribution in [1.29, 1.82) is 0 Å². The van der Waals surface area contributed by atoms with Crippen LogP contribution in [0.15, 0.2) is 28.8 Å². The van der Waals surface area contributed by atoms with Crippen molar-refractivity contribution in [2.45, 2.75) is 39.1 Å². The Balaban J connectivity index is 2.89. The molecule has 19 heavy (non-hydrogen) atoms. The molecule has 0 heterocycles. The maximum atomic E-state index is 11.6. The average Bonchev–Trinajstić information content (AvgIpc) is 2.29. The molecule has 0 atom stereocenters. The molecular weight excluding hydrogens is 246 g/mol. The number of ether oxygens (including phenoxy) is 3. The van der Waals surface area contributed by atoms with Crippen LogP contribution in [0.5, 0.6) is 0 Å².